The molecular weight excluding hydrogens is 340 g/mol. The molecule has 0 aliphatic heterocycles. The molecule has 1 unspecified atom stereocenters. The number of para-hydroxylation sites is 1. The SMILES string of the molecule is Cc1ccc(Cl)cc1Nc1nc(NC(C)C(=O)O)c2ccccc2n1. The summed E-state index contributed by atoms with van der Waals surface area (Å²) in [6.07, 6.45) is 0. The molecule has 0 bridgehead atoms. The lowest BCUT2D eigenvalue weighted by molar-refractivity contribution is -0.137. The van der Waals surface area contributed by atoms with Crippen molar-refractivity contribution in [2.75, 3.05) is 10.6 Å². The van der Waals surface area contributed by atoms with Crippen molar-refractivity contribution < 1.29 is 9.90 Å². The molecule has 128 valence electrons. The Labute approximate surface area is 149 Å². The third kappa shape index (κ3) is 3.80. The molecule has 3 aromatic rings. The van der Waals surface area contributed by atoms with Crippen molar-refractivity contribution in [1.82, 2.24) is 9.97 Å². The summed E-state index contributed by atoms with van der Waals surface area (Å²) in [7, 11) is 0. The zero-order valence-corrected chi connectivity index (χ0v) is 14.5. The van der Waals surface area contributed by atoms with Gasteiger partial charge in [-0.3, -0.25) is 4.79 Å². The van der Waals surface area contributed by atoms with E-state index in [2.05, 4.69) is 20.6 Å². The van der Waals surface area contributed by atoms with Gasteiger partial charge in [0, 0.05) is 16.1 Å². The van der Waals surface area contributed by atoms with Crippen LogP contribution in [0.1, 0.15) is 12.5 Å². The lowest BCUT2D eigenvalue weighted by atomic mass is 10.2. The molecule has 0 fully saturated rings. The molecule has 2 aromatic carbocycles. The molecule has 7 heteroatoms. The highest BCUT2D eigenvalue weighted by molar-refractivity contribution is 6.30. The number of benzene rings is 2. The van der Waals surface area contributed by atoms with Crippen LogP contribution in [0.2, 0.25) is 5.02 Å². The van der Waals surface area contributed by atoms with Crippen molar-refractivity contribution in [3.63, 3.8) is 0 Å². The third-order valence-electron chi connectivity index (χ3n) is 3.77. The first-order valence-corrected chi connectivity index (χ1v) is 8.11. The highest BCUT2D eigenvalue weighted by atomic mass is 35.5. The lowest BCUT2D eigenvalue weighted by Crippen LogP contribution is -2.26. The number of carboxylic acid groups (broad SMARTS) is 1. The molecule has 0 aliphatic carbocycles. The Morgan fingerprint density at radius 2 is 1.96 bits per heavy atom. The average Bonchev–Trinajstić information content (AvgIpc) is 2.58. The fraction of sp³-hybridized carbons (Fsp3) is 0.167. The Morgan fingerprint density at radius 3 is 2.72 bits per heavy atom. The molecule has 3 rings (SSSR count). The molecule has 0 amide bonds. The number of aliphatic carboxylic acids is 1. The second-order valence-corrected chi connectivity index (χ2v) is 6.14. The van der Waals surface area contributed by atoms with Crippen molar-refractivity contribution in [2.45, 2.75) is 19.9 Å². The Hall–Kier alpha value is -2.86. The summed E-state index contributed by atoms with van der Waals surface area (Å²) >= 11 is 6.05. The number of nitrogens with zero attached hydrogens (tertiary/aromatic N) is 2. The van der Waals surface area contributed by atoms with Gasteiger partial charge in [0.25, 0.3) is 0 Å². The molecule has 0 saturated carbocycles. The highest BCUT2D eigenvalue weighted by Gasteiger charge is 2.15. The van der Waals surface area contributed by atoms with E-state index < -0.39 is 12.0 Å². The predicted molar refractivity (Wildman–Crippen MR) is 99.7 cm³/mol. The van der Waals surface area contributed by atoms with Crippen molar-refractivity contribution >= 4 is 45.9 Å². The number of rotatable bonds is 5. The molecule has 1 heterocycles. The minimum atomic E-state index is -0.956. The number of carbonyl (C=O) groups is 1. The van der Waals surface area contributed by atoms with Crippen LogP contribution in [0.4, 0.5) is 17.5 Å². The smallest absolute Gasteiger partial charge is 0.325 e. The topological polar surface area (TPSA) is 87.1 Å². The van der Waals surface area contributed by atoms with Gasteiger partial charge >= 0.3 is 5.97 Å². The maximum Gasteiger partial charge on any atom is 0.325 e. The fourth-order valence-corrected chi connectivity index (χ4v) is 2.53. The number of carboxylic acids is 1. The summed E-state index contributed by atoms with van der Waals surface area (Å²) in [5.41, 5.74) is 2.49. The van der Waals surface area contributed by atoms with Crippen LogP contribution in [-0.2, 0) is 4.79 Å². The molecule has 0 spiro atoms. The normalized spacial score (nSPS) is 12.0. The van der Waals surface area contributed by atoms with E-state index in [1.54, 1.807) is 13.0 Å². The number of aryl methyl sites for hydroxylation is 1. The average molecular weight is 357 g/mol. The number of halogens is 1. The monoisotopic (exact) mass is 356 g/mol. The van der Waals surface area contributed by atoms with Gasteiger partial charge in [0.1, 0.15) is 11.9 Å². The van der Waals surface area contributed by atoms with Crippen LogP contribution in [0, 0.1) is 6.92 Å². The molecular formula is C18H17ClN4O2. The maximum absolute atomic E-state index is 11.2. The Kier molecular flexibility index (Phi) is 4.72. The summed E-state index contributed by atoms with van der Waals surface area (Å²) in [6, 6.07) is 12.2. The van der Waals surface area contributed by atoms with Crippen LogP contribution >= 0.6 is 11.6 Å². The molecule has 0 saturated heterocycles. The first-order valence-electron chi connectivity index (χ1n) is 7.73. The van der Waals surface area contributed by atoms with E-state index in [0.717, 1.165) is 16.6 Å². The first kappa shape index (κ1) is 17.0. The highest BCUT2D eigenvalue weighted by Crippen LogP contribution is 2.26. The van der Waals surface area contributed by atoms with E-state index in [4.69, 9.17) is 16.7 Å². The van der Waals surface area contributed by atoms with E-state index in [-0.39, 0.29) is 0 Å². The van der Waals surface area contributed by atoms with Crippen molar-refractivity contribution in [3.05, 3.63) is 53.1 Å². The Bertz CT molecular complexity index is 946. The van der Waals surface area contributed by atoms with Gasteiger partial charge < -0.3 is 15.7 Å². The third-order valence-corrected chi connectivity index (χ3v) is 4.01. The van der Waals surface area contributed by atoms with Crippen molar-refractivity contribution in [1.29, 1.82) is 0 Å². The minimum Gasteiger partial charge on any atom is -0.480 e. The summed E-state index contributed by atoms with van der Waals surface area (Å²) in [6.45, 7) is 3.51. The second-order valence-electron chi connectivity index (χ2n) is 5.70. The molecule has 1 atom stereocenters. The number of anilines is 3. The lowest BCUT2D eigenvalue weighted by Gasteiger charge is -2.15. The predicted octanol–water partition coefficient (Wildman–Crippen LogP) is 4.22. The van der Waals surface area contributed by atoms with Crippen LogP contribution in [0.3, 0.4) is 0 Å². The van der Waals surface area contributed by atoms with Gasteiger partial charge in [0.05, 0.1) is 5.52 Å². The molecule has 3 N–H and O–H groups in total. The van der Waals surface area contributed by atoms with Gasteiger partial charge in [-0.05, 0) is 43.7 Å². The molecule has 1 aromatic heterocycles. The van der Waals surface area contributed by atoms with E-state index >= 15 is 0 Å². The van der Waals surface area contributed by atoms with Gasteiger partial charge in [-0.25, -0.2) is 4.98 Å². The van der Waals surface area contributed by atoms with E-state index in [1.165, 1.54) is 0 Å². The van der Waals surface area contributed by atoms with Gasteiger partial charge in [-0.15, -0.1) is 0 Å². The number of fused-ring (bicyclic) bond motifs is 1. The number of nitrogens with one attached hydrogen (secondary N) is 2. The number of hydrogen-bond donors (Lipinski definition) is 3. The maximum atomic E-state index is 11.2. The summed E-state index contributed by atoms with van der Waals surface area (Å²) in [5.74, 6) is -0.130. The first-order chi connectivity index (χ1) is 11.9. The zero-order valence-electron chi connectivity index (χ0n) is 13.7. The zero-order chi connectivity index (χ0) is 18.0. The number of aromatic nitrogens is 2. The summed E-state index contributed by atoms with van der Waals surface area (Å²) in [5, 5.41) is 16.6. The summed E-state index contributed by atoms with van der Waals surface area (Å²) in [4.78, 5) is 20.1. The quantitative estimate of drug-likeness (QED) is 0.634. The van der Waals surface area contributed by atoms with Crippen molar-refractivity contribution in [2.24, 2.45) is 0 Å². The minimum absolute atomic E-state index is 0.365. The van der Waals surface area contributed by atoms with Crippen LogP contribution in [0.5, 0.6) is 0 Å². The van der Waals surface area contributed by atoms with Crippen molar-refractivity contribution in [3.8, 4) is 0 Å². The van der Waals surface area contributed by atoms with Crippen LogP contribution in [0.25, 0.3) is 10.9 Å². The molecule has 25 heavy (non-hydrogen) atoms. The number of hydrogen-bond acceptors (Lipinski definition) is 5. The summed E-state index contributed by atoms with van der Waals surface area (Å²) < 4.78 is 0. The van der Waals surface area contributed by atoms with Crippen LogP contribution in [0.15, 0.2) is 42.5 Å². The van der Waals surface area contributed by atoms with Gasteiger partial charge in [0.15, 0.2) is 0 Å². The Morgan fingerprint density at radius 1 is 1.20 bits per heavy atom. The van der Waals surface area contributed by atoms with E-state index in [0.29, 0.717) is 22.3 Å². The van der Waals surface area contributed by atoms with Crippen LogP contribution < -0.4 is 10.6 Å². The van der Waals surface area contributed by atoms with E-state index in [1.807, 2.05) is 43.3 Å². The van der Waals surface area contributed by atoms with Crippen LogP contribution in [-0.4, -0.2) is 27.1 Å². The Balaban J connectivity index is 2.04. The fourth-order valence-electron chi connectivity index (χ4n) is 2.36. The standard InChI is InChI=1S/C18H17ClN4O2/c1-10-7-8-12(19)9-15(10)22-18-21-14-6-4-3-5-13(14)16(23-18)20-11(2)17(24)25/h3-9,11H,1-2H3,(H,24,25)(H2,20,21,22,23). The second kappa shape index (κ2) is 6.94. The van der Waals surface area contributed by atoms with Gasteiger partial charge in [0.2, 0.25) is 5.95 Å². The van der Waals surface area contributed by atoms with Gasteiger partial charge in [-0.2, -0.15) is 4.98 Å². The molecule has 6 nitrogen and oxygen atoms in total. The van der Waals surface area contributed by atoms with E-state index in [9.17, 15) is 4.79 Å². The van der Waals surface area contributed by atoms with Gasteiger partial charge in [-0.1, -0.05) is 29.8 Å². The molecule has 0 radical (unpaired) electrons. The largest absolute Gasteiger partial charge is 0.480 e. The molecule has 0 aliphatic rings.